The summed E-state index contributed by atoms with van der Waals surface area (Å²) in [7, 11) is 3.18. The van der Waals surface area contributed by atoms with Crippen molar-refractivity contribution in [2.75, 3.05) is 51.3 Å². The van der Waals surface area contributed by atoms with E-state index in [4.69, 9.17) is 26.8 Å². The molecule has 4 fully saturated rings. The molecule has 5 aromatic rings. The number of anilines is 1. The quantitative estimate of drug-likeness (QED) is 0.123. The Labute approximate surface area is 398 Å². The lowest BCUT2D eigenvalue weighted by molar-refractivity contribution is -0.144. The summed E-state index contributed by atoms with van der Waals surface area (Å²) >= 11 is 6.69. The molecule has 2 unspecified atom stereocenters. The number of nitrogens with two attached hydrogens (primary N) is 1. The van der Waals surface area contributed by atoms with Gasteiger partial charge in [-0.1, -0.05) is 54.9 Å². The average Bonchev–Trinajstić information content (AvgIpc) is 3.80. The van der Waals surface area contributed by atoms with Gasteiger partial charge in [0.2, 0.25) is 17.7 Å². The molecule has 5 amide bonds. The third-order valence-corrected chi connectivity index (χ3v) is 15.7. The van der Waals surface area contributed by atoms with Crippen LogP contribution in [0.5, 0.6) is 11.5 Å². The van der Waals surface area contributed by atoms with Crippen molar-refractivity contribution in [2.24, 2.45) is 18.7 Å². The molecule has 1 saturated carbocycles. The van der Waals surface area contributed by atoms with Gasteiger partial charge in [0.1, 0.15) is 11.6 Å². The molecular weight excluding hydrogens is 894 g/mol. The van der Waals surface area contributed by atoms with Crippen LogP contribution < -0.4 is 30.7 Å². The Hall–Kier alpha value is -6.10. The molecule has 356 valence electrons. The average molecular weight is 949 g/mol. The zero-order valence-electron chi connectivity index (χ0n) is 38.3. The lowest BCUT2D eigenvalue weighted by Crippen LogP contribution is -2.63. The summed E-state index contributed by atoms with van der Waals surface area (Å²) in [5, 5.41) is 11.3. The topological polar surface area (TPSA) is 164 Å². The zero-order valence-corrected chi connectivity index (χ0v) is 39.1. The molecule has 3 saturated heterocycles. The number of amides is 5. The highest BCUT2D eigenvalue weighted by Crippen LogP contribution is 2.56. The van der Waals surface area contributed by atoms with E-state index in [1.807, 2.05) is 55.3 Å². The Kier molecular flexibility index (Phi) is 12.2. The summed E-state index contributed by atoms with van der Waals surface area (Å²) < 4.78 is 45.8. The molecule has 1 aliphatic carbocycles. The largest absolute Gasteiger partial charge is 0.494 e. The van der Waals surface area contributed by atoms with Gasteiger partial charge in [-0.2, -0.15) is 5.10 Å². The number of piperidine rings is 1. The van der Waals surface area contributed by atoms with Crippen molar-refractivity contribution in [2.45, 2.75) is 81.4 Å². The molecule has 4 aromatic carbocycles. The van der Waals surface area contributed by atoms with Crippen LogP contribution in [0.3, 0.4) is 0 Å². The van der Waals surface area contributed by atoms with Crippen LogP contribution in [0.4, 0.5) is 19.4 Å². The minimum absolute atomic E-state index is 0.00348. The Morgan fingerprint density at radius 3 is 2.40 bits per heavy atom. The first-order chi connectivity index (χ1) is 32.8. The van der Waals surface area contributed by atoms with Gasteiger partial charge >= 0.3 is 6.03 Å². The third-order valence-electron chi connectivity index (χ3n) is 15.3. The SMILES string of the molecule is COc1ccc(C(N)=O)c(-c2c(Cl)c(F)cc3c2C(C)C(CNC2CCC(C(=O)N4CC(N5CCC(c6ccc7c(N8CCC(=O)NC8=O)nn(C)c7c6)CC5)C4)CC2)(c2ccccc2)O3)c1F. The standard InChI is InChI=1S/C51H55ClF2N8O6/c1-28-42-40(24-37(53)45(52)44(42)43-36(47(55)64)15-16-39(67-3)46(43)54)68-51(28,32-7-5-4-6-8-32)27-56-33-12-9-30(10-13-33)49(65)61-25-34(26-61)60-20-17-29(18-21-60)31-11-14-35-38(23-31)59(2)58-48(35)62-22-19-41(63)57-50(62)66/h4-8,11,14-16,23-24,28-30,33-34,56H,9-10,12-13,17-22,25-27H2,1-3H3,(H2,55,64)(H,57,63,66). The number of ether oxygens (including phenoxy) is 2. The minimum Gasteiger partial charge on any atom is -0.494 e. The van der Waals surface area contributed by atoms with E-state index in [-0.39, 0.29) is 63.4 Å². The maximum absolute atomic E-state index is 16.2. The van der Waals surface area contributed by atoms with Gasteiger partial charge in [0.05, 0.1) is 23.2 Å². The summed E-state index contributed by atoms with van der Waals surface area (Å²) in [5.74, 6) is -2.23. The monoisotopic (exact) mass is 948 g/mol. The number of nitrogens with zero attached hydrogens (tertiary/aromatic N) is 5. The Morgan fingerprint density at radius 1 is 0.971 bits per heavy atom. The van der Waals surface area contributed by atoms with Crippen molar-refractivity contribution in [3.63, 3.8) is 0 Å². The second-order valence-electron chi connectivity index (χ2n) is 19.0. The number of primary amides is 1. The second kappa shape index (κ2) is 18.1. The van der Waals surface area contributed by atoms with Crippen molar-refractivity contribution >= 4 is 52.1 Å². The number of carbonyl (C=O) groups excluding carboxylic acids is 4. The van der Waals surface area contributed by atoms with Crippen LogP contribution in [0, 0.1) is 17.6 Å². The number of aromatic nitrogens is 2. The van der Waals surface area contributed by atoms with E-state index in [2.05, 4.69) is 32.8 Å². The summed E-state index contributed by atoms with van der Waals surface area (Å²) in [5.41, 5.74) is 7.74. The molecule has 2 atom stereocenters. The summed E-state index contributed by atoms with van der Waals surface area (Å²) in [6.45, 7) is 5.95. The van der Waals surface area contributed by atoms with Gasteiger partial charge in [-0.25, -0.2) is 13.6 Å². The number of nitrogens with one attached hydrogen (secondary N) is 2. The number of methoxy groups -OCH3 is 1. The molecule has 0 bridgehead atoms. The zero-order chi connectivity index (χ0) is 47.6. The lowest BCUT2D eigenvalue weighted by atomic mass is 9.77. The number of hydrogen-bond donors (Lipinski definition) is 3. The van der Waals surface area contributed by atoms with Crippen LogP contribution in [0.1, 0.15) is 90.8 Å². The van der Waals surface area contributed by atoms with E-state index in [0.29, 0.717) is 36.4 Å². The molecule has 0 radical (unpaired) electrons. The fourth-order valence-electron chi connectivity index (χ4n) is 11.4. The van der Waals surface area contributed by atoms with Crippen molar-refractivity contribution in [1.29, 1.82) is 0 Å². The first kappa shape index (κ1) is 45.7. The number of likely N-dealkylation sites (tertiary alicyclic amines) is 2. The van der Waals surface area contributed by atoms with Gasteiger partial charge in [0.15, 0.2) is 23.0 Å². The predicted molar refractivity (Wildman–Crippen MR) is 253 cm³/mol. The molecule has 1 aromatic heterocycles. The summed E-state index contributed by atoms with van der Waals surface area (Å²) in [4.78, 5) is 56.9. The molecule has 17 heteroatoms. The third kappa shape index (κ3) is 7.93. The van der Waals surface area contributed by atoms with Crippen molar-refractivity contribution in [3.05, 3.63) is 106 Å². The number of benzene rings is 4. The van der Waals surface area contributed by atoms with E-state index in [1.54, 1.807) is 4.68 Å². The Morgan fingerprint density at radius 2 is 1.71 bits per heavy atom. The molecule has 0 spiro atoms. The molecule has 10 rings (SSSR count). The number of imide groups is 1. The number of fused-ring (bicyclic) bond motifs is 2. The van der Waals surface area contributed by atoms with Crippen LogP contribution in [-0.2, 0) is 22.2 Å². The van der Waals surface area contributed by atoms with Gasteiger partial charge in [-0.05, 0) is 92.9 Å². The molecule has 5 aliphatic rings. The van der Waals surface area contributed by atoms with Crippen LogP contribution >= 0.6 is 11.6 Å². The van der Waals surface area contributed by atoms with E-state index in [0.717, 1.165) is 81.2 Å². The summed E-state index contributed by atoms with van der Waals surface area (Å²) in [6, 6.07) is 19.8. The van der Waals surface area contributed by atoms with E-state index in [1.165, 1.54) is 35.8 Å². The van der Waals surface area contributed by atoms with Crippen molar-refractivity contribution in [3.8, 4) is 22.6 Å². The molecular formula is C51H55ClF2N8O6. The summed E-state index contributed by atoms with van der Waals surface area (Å²) in [6.07, 6.45) is 5.35. The lowest BCUT2D eigenvalue weighted by Gasteiger charge is -2.49. The highest BCUT2D eigenvalue weighted by molar-refractivity contribution is 6.34. The van der Waals surface area contributed by atoms with Crippen LogP contribution in [-0.4, -0.2) is 102 Å². The van der Waals surface area contributed by atoms with Gasteiger partial charge in [0.25, 0.3) is 0 Å². The number of halogens is 3. The minimum atomic E-state index is -1.07. The van der Waals surface area contributed by atoms with E-state index in [9.17, 15) is 19.2 Å². The molecule has 4 aliphatic heterocycles. The number of rotatable bonds is 11. The highest BCUT2D eigenvalue weighted by Gasteiger charge is 2.50. The normalized spacial score (nSPS) is 23.6. The molecule has 4 N–H and O–H groups in total. The van der Waals surface area contributed by atoms with Crippen molar-refractivity contribution < 1.29 is 37.4 Å². The Balaban J connectivity index is 0.752. The van der Waals surface area contributed by atoms with Crippen LogP contribution in [0.15, 0.2) is 66.7 Å². The van der Waals surface area contributed by atoms with Gasteiger partial charge in [-0.3, -0.25) is 34.2 Å². The van der Waals surface area contributed by atoms with Gasteiger partial charge in [-0.15, -0.1) is 0 Å². The second-order valence-corrected chi connectivity index (χ2v) is 19.4. The van der Waals surface area contributed by atoms with Crippen LogP contribution in [0.2, 0.25) is 5.02 Å². The van der Waals surface area contributed by atoms with E-state index >= 15 is 8.78 Å². The molecule has 68 heavy (non-hydrogen) atoms. The number of urea groups is 1. The maximum atomic E-state index is 16.2. The number of hydrogen-bond acceptors (Lipinski definition) is 9. The fraction of sp³-hybridized carbons (Fsp3) is 0.431. The highest BCUT2D eigenvalue weighted by atomic mass is 35.5. The Bertz CT molecular complexity index is 2820. The molecule has 14 nitrogen and oxygen atoms in total. The number of aryl methyl sites for hydroxylation is 1. The van der Waals surface area contributed by atoms with Crippen LogP contribution in [0.25, 0.3) is 22.0 Å². The maximum Gasteiger partial charge on any atom is 0.329 e. The first-order valence-corrected chi connectivity index (χ1v) is 23.9. The number of carbonyl (C=O) groups is 4. The predicted octanol–water partition coefficient (Wildman–Crippen LogP) is 7.36. The van der Waals surface area contributed by atoms with E-state index < -0.39 is 35.1 Å². The molecule has 5 heterocycles. The fourth-order valence-corrected chi connectivity index (χ4v) is 11.7. The van der Waals surface area contributed by atoms with Gasteiger partial charge < -0.3 is 25.4 Å². The first-order valence-electron chi connectivity index (χ1n) is 23.5. The van der Waals surface area contributed by atoms with Gasteiger partial charge in [0, 0.05) is 91.7 Å². The smallest absolute Gasteiger partial charge is 0.329 e. The van der Waals surface area contributed by atoms with Crippen molar-refractivity contribution in [1.82, 2.24) is 30.2 Å².